The topological polar surface area (TPSA) is 89.3 Å². The van der Waals surface area contributed by atoms with Crippen LogP contribution in [0.25, 0.3) is 0 Å². The Balaban J connectivity index is 2.23. The van der Waals surface area contributed by atoms with Gasteiger partial charge >= 0.3 is 23.5 Å². The van der Waals surface area contributed by atoms with Crippen molar-refractivity contribution in [2.45, 2.75) is 33.3 Å². The monoisotopic (exact) mass is 572 g/mol. The number of anilines is 1. The molecule has 0 saturated carbocycles. The van der Waals surface area contributed by atoms with Gasteiger partial charge in [0.15, 0.2) is 0 Å². The largest absolute Gasteiger partial charge is 0.461 e. The molecule has 1 atom stereocenters. The molecule has 36 heavy (non-hydrogen) atoms. The molecular weight excluding hydrogens is 562 g/mol. The van der Waals surface area contributed by atoms with E-state index in [-0.39, 0.29) is 11.8 Å². The minimum absolute atomic E-state index is 0.0868. The van der Waals surface area contributed by atoms with Crippen LogP contribution in [-0.2, 0) is 21.8 Å². The lowest BCUT2D eigenvalue weighted by Gasteiger charge is -2.27. The first-order valence-electron chi connectivity index (χ1n) is 8.91. The molecule has 1 amide bonds. The van der Waals surface area contributed by atoms with Crippen LogP contribution in [0.15, 0.2) is 52.3 Å². The lowest BCUT2D eigenvalue weighted by Crippen LogP contribution is -2.54. The molecule has 2 aromatic rings. The highest BCUT2D eigenvalue weighted by atomic mass is 32.2. The van der Waals surface area contributed by atoms with Gasteiger partial charge in [-0.3, -0.25) is 14.9 Å². The Kier molecular flexibility index (Phi) is 8.34. The van der Waals surface area contributed by atoms with Gasteiger partial charge in [0.05, 0.1) is 26.0 Å². The molecule has 198 valence electrons. The molecule has 1 N–H and O–H groups in total. The molecule has 2 rings (SSSR count). The number of nitro groups is 1. The number of thioether (sulfide) groups is 1. The fourth-order valence-electron chi connectivity index (χ4n) is 2.42. The summed E-state index contributed by atoms with van der Waals surface area (Å²) < 4.78 is 141. The fourth-order valence-corrected chi connectivity index (χ4v) is 4.28. The van der Waals surface area contributed by atoms with Gasteiger partial charge in [0.1, 0.15) is 10.8 Å². The van der Waals surface area contributed by atoms with Crippen LogP contribution in [0.5, 0.6) is 0 Å². The first kappa shape index (κ1) is 29.3. The Hall–Kier alpha value is -2.89. The molecule has 0 spiro atoms. The standard InChI is InChI=1S/C18H10F10N2O4S2/c19-15(20,21)9-2-1-3-10(6-9)29-14(31)8-35-13-5-4-11(7-12(13)30(32)33)36(34)18(27,28)16(22,23)17(24,25)26/h1-7H,8H2,(H,29,31)/t36-/m1/s1. The number of rotatable bonds is 8. The van der Waals surface area contributed by atoms with Crippen LogP contribution in [0, 0.1) is 10.1 Å². The van der Waals surface area contributed by atoms with Gasteiger partial charge in [0.2, 0.25) is 5.91 Å². The van der Waals surface area contributed by atoms with Crippen LogP contribution >= 0.6 is 11.8 Å². The lowest BCUT2D eigenvalue weighted by atomic mass is 10.2. The summed E-state index contributed by atoms with van der Waals surface area (Å²) in [7, 11) is -4.38. The third kappa shape index (κ3) is 6.26. The van der Waals surface area contributed by atoms with E-state index < -0.39 is 72.0 Å². The van der Waals surface area contributed by atoms with Gasteiger partial charge in [0.25, 0.3) is 5.69 Å². The first-order chi connectivity index (χ1) is 16.3. The zero-order chi connectivity index (χ0) is 27.7. The third-order valence-corrected chi connectivity index (χ3v) is 6.59. The van der Waals surface area contributed by atoms with Gasteiger partial charge < -0.3 is 5.32 Å². The van der Waals surface area contributed by atoms with Gasteiger partial charge in [0, 0.05) is 11.8 Å². The van der Waals surface area contributed by atoms with Crippen molar-refractivity contribution in [1.82, 2.24) is 0 Å². The average molecular weight is 572 g/mol. The molecule has 0 heterocycles. The first-order valence-corrected chi connectivity index (χ1v) is 11.0. The predicted octanol–water partition coefficient (Wildman–Crippen LogP) is 6.24. The molecule has 0 radical (unpaired) electrons. The fraction of sp³-hybridized carbons (Fsp3) is 0.278. The smallest absolute Gasteiger partial charge is 0.325 e. The predicted molar refractivity (Wildman–Crippen MR) is 106 cm³/mol. The van der Waals surface area contributed by atoms with Crippen LogP contribution in [0.3, 0.4) is 0 Å². The highest BCUT2D eigenvalue weighted by Crippen LogP contribution is 2.49. The van der Waals surface area contributed by atoms with E-state index in [0.717, 1.165) is 18.2 Å². The van der Waals surface area contributed by atoms with Crippen LogP contribution in [-0.4, -0.2) is 38.1 Å². The normalized spacial score (nSPS) is 13.8. The van der Waals surface area contributed by atoms with Crippen molar-refractivity contribution in [3.8, 4) is 0 Å². The van der Waals surface area contributed by atoms with Crippen molar-refractivity contribution in [1.29, 1.82) is 0 Å². The van der Waals surface area contributed by atoms with Gasteiger partial charge in [-0.15, -0.1) is 11.8 Å². The zero-order valence-corrected chi connectivity index (χ0v) is 18.6. The second-order valence-corrected chi connectivity index (χ2v) is 9.20. The van der Waals surface area contributed by atoms with Crippen molar-refractivity contribution in [3.05, 3.63) is 58.1 Å². The van der Waals surface area contributed by atoms with Crippen molar-refractivity contribution in [2.75, 3.05) is 11.1 Å². The van der Waals surface area contributed by atoms with E-state index in [1.165, 1.54) is 0 Å². The third-order valence-electron chi connectivity index (χ3n) is 4.13. The number of amides is 1. The summed E-state index contributed by atoms with van der Waals surface area (Å²) in [6, 6.07) is 4.49. The maximum Gasteiger partial charge on any atom is 0.461 e. The lowest BCUT2D eigenvalue weighted by molar-refractivity contribution is -0.388. The summed E-state index contributed by atoms with van der Waals surface area (Å²) in [5.74, 6) is -8.37. The Bertz CT molecular complexity index is 1190. The van der Waals surface area contributed by atoms with Gasteiger partial charge in [-0.25, -0.2) is 4.21 Å². The quantitative estimate of drug-likeness (QED) is 0.175. The van der Waals surface area contributed by atoms with Crippen LogP contribution < -0.4 is 5.32 Å². The summed E-state index contributed by atoms with van der Waals surface area (Å²) in [4.78, 5) is 20.1. The molecule has 6 nitrogen and oxygen atoms in total. The maximum atomic E-state index is 13.7. The Labute approximate surface area is 200 Å². The zero-order valence-electron chi connectivity index (χ0n) is 16.9. The second kappa shape index (κ2) is 10.2. The molecule has 0 aliphatic rings. The number of carbonyl (C=O) groups is 1. The molecule has 18 heteroatoms. The minimum atomic E-state index is -6.78. The molecule has 0 aliphatic heterocycles. The van der Waals surface area contributed by atoms with Crippen LogP contribution in [0.1, 0.15) is 5.56 Å². The number of nitrogens with one attached hydrogen (secondary N) is 1. The molecule has 0 saturated heterocycles. The van der Waals surface area contributed by atoms with E-state index >= 15 is 0 Å². The Morgan fingerprint density at radius 1 is 0.972 bits per heavy atom. The second-order valence-electron chi connectivity index (χ2n) is 6.66. The van der Waals surface area contributed by atoms with Crippen molar-refractivity contribution >= 4 is 39.8 Å². The molecule has 0 aliphatic carbocycles. The van der Waals surface area contributed by atoms with E-state index in [2.05, 4.69) is 5.32 Å². The number of benzene rings is 2. The van der Waals surface area contributed by atoms with Crippen LogP contribution in [0.2, 0.25) is 0 Å². The summed E-state index contributed by atoms with van der Waals surface area (Å²) in [5.41, 5.74) is -2.51. The molecule has 0 fully saturated rings. The molecular formula is C18H10F10N2O4S2. The van der Waals surface area contributed by atoms with Gasteiger partial charge in [-0.2, -0.15) is 43.9 Å². The highest BCUT2D eigenvalue weighted by Gasteiger charge is 2.76. The van der Waals surface area contributed by atoms with E-state index in [4.69, 9.17) is 0 Å². The number of halogens is 10. The number of alkyl halides is 10. The van der Waals surface area contributed by atoms with Crippen LogP contribution in [0.4, 0.5) is 55.3 Å². The summed E-state index contributed by atoms with van der Waals surface area (Å²) in [6.45, 7) is 0. The summed E-state index contributed by atoms with van der Waals surface area (Å²) in [6.07, 6.45) is -11.5. The van der Waals surface area contributed by atoms with Gasteiger partial charge in [-0.1, -0.05) is 6.07 Å². The van der Waals surface area contributed by atoms with Crippen molar-refractivity contribution < 1.29 is 57.8 Å². The van der Waals surface area contributed by atoms with E-state index in [1.807, 2.05) is 0 Å². The number of nitro benzene ring substituents is 1. The number of nitrogens with zero attached hydrogens (tertiary/aromatic N) is 1. The number of hydrogen-bond acceptors (Lipinski definition) is 5. The summed E-state index contributed by atoms with van der Waals surface area (Å²) in [5, 5.41) is 7.14. The summed E-state index contributed by atoms with van der Waals surface area (Å²) >= 11 is 0.360. The molecule has 0 unspecified atom stereocenters. The number of carbonyl (C=O) groups excluding carboxylic acids is 1. The molecule has 2 aromatic carbocycles. The Morgan fingerprint density at radius 3 is 2.11 bits per heavy atom. The van der Waals surface area contributed by atoms with E-state index in [9.17, 15) is 63.0 Å². The highest BCUT2D eigenvalue weighted by molar-refractivity contribution is 8.00. The Morgan fingerprint density at radius 2 is 1.58 bits per heavy atom. The van der Waals surface area contributed by atoms with E-state index in [1.54, 1.807) is 0 Å². The molecule has 0 bridgehead atoms. The number of hydrogen-bond donors (Lipinski definition) is 1. The maximum absolute atomic E-state index is 13.7. The average Bonchev–Trinajstić information content (AvgIpc) is 2.75. The molecule has 0 aromatic heterocycles. The van der Waals surface area contributed by atoms with Crippen molar-refractivity contribution in [3.63, 3.8) is 0 Å². The van der Waals surface area contributed by atoms with E-state index in [0.29, 0.717) is 30.0 Å². The SMILES string of the molecule is O=C(CSc1ccc([S@@](=O)C(F)(F)C(F)(F)C(F)(F)F)cc1[N+](=O)[O-])Nc1cccc(C(F)(F)F)c1. The van der Waals surface area contributed by atoms with Crippen molar-refractivity contribution in [2.24, 2.45) is 0 Å². The minimum Gasteiger partial charge on any atom is -0.325 e. The van der Waals surface area contributed by atoms with Gasteiger partial charge in [-0.05, 0) is 30.3 Å².